The third-order valence-electron chi connectivity index (χ3n) is 12.0. The van der Waals surface area contributed by atoms with Crippen LogP contribution in [-0.2, 0) is 38.0 Å². The number of carbonyl (C=O) groups excluding carboxylic acids is 2. The lowest BCUT2D eigenvalue weighted by Crippen LogP contribution is -2.66. The molecule has 0 aromatic heterocycles. The Kier molecular flexibility index (Phi) is 14.6. The van der Waals surface area contributed by atoms with Gasteiger partial charge in [0.1, 0.15) is 29.7 Å². The summed E-state index contributed by atoms with van der Waals surface area (Å²) >= 11 is 0. The molecule has 52 heavy (non-hydrogen) atoms. The number of aliphatic hydroxyl groups excluding tert-OH is 3. The van der Waals surface area contributed by atoms with Gasteiger partial charge in [-0.15, -0.1) is 0 Å². The molecule has 3 saturated heterocycles. The van der Waals surface area contributed by atoms with Gasteiger partial charge in [-0.05, 0) is 68.5 Å². The third kappa shape index (κ3) is 9.03. The lowest BCUT2D eigenvalue weighted by Gasteiger charge is -2.50. The number of aliphatic hydroxyl groups is 6. The van der Waals surface area contributed by atoms with E-state index >= 15 is 0 Å². The van der Waals surface area contributed by atoms with Gasteiger partial charge in [0.25, 0.3) is 0 Å². The minimum atomic E-state index is -2.02. The van der Waals surface area contributed by atoms with Crippen LogP contribution in [0.4, 0.5) is 0 Å². The Labute approximate surface area is 308 Å². The molecule has 18 atom stereocenters. The number of Topliss-reactive ketones (excluding diaryl/α,β-unsaturated/α-hetero) is 1. The number of esters is 1. The van der Waals surface area contributed by atoms with E-state index < -0.39 is 119 Å². The summed E-state index contributed by atoms with van der Waals surface area (Å²) in [5.74, 6) is -5.30. The van der Waals surface area contributed by atoms with Crippen LogP contribution in [-0.4, -0.2) is 152 Å². The summed E-state index contributed by atoms with van der Waals surface area (Å²) < 4.78 is 36.8. The highest BCUT2D eigenvalue weighted by atomic mass is 16.7. The van der Waals surface area contributed by atoms with Crippen molar-refractivity contribution >= 4 is 11.8 Å². The predicted molar refractivity (Wildman–Crippen MR) is 187 cm³/mol. The molecule has 0 bridgehead atoms. The molecule has 304 valence electrons. The molecular weight excluding hydrogens is 682 g/mol. The van der Waals surface area contributed by atoms with Crippen molar-refractivity contribution in [2.24, 2.45) is 23.7 Å². The summed E-state index contributed by atoms with van der Waals surface area (Å²) in [6.45, 7) is 15.9. The van der Waals surface area contributed by atoms with E-state index in [1.165, 1.54) is 32.8 Å². The van der Waals surface area contributed by atoms with Crippen LogP contribution < -0.4 is 0 Å². The van der Waals surface area contributed by atoms with Crippen LogP contribution in [0.3, 0.4) is 0 Å². The van der Waals surface area contributed by atoms with E-state index in [1.54, 1.807) is 62.6 Å². The van der Waals surface area contributed by atoms with Crippen LogP contribution in [0.1, 0.15) is 94.9 Å². The van der Waals surface area contributed by atoms with E-state index in [0.29, 0.717) is 0 Å². The van der Waals surface area contributed by atoms with Crippen molar-refractivity contribution in [2.75, 3.05) is 21.2 Å². The fourth-order valence-corrected chi connectivity index (χ4v) is 8.42. The molecule has 15 nitrogen and oxygen atoms in total. The molecule has 0 spiro atoms. The fraction of sp³-hybridized carbons (Fsp3) is 0.946. The lowest BCUT2D eigenvalue weighted by molar-refractivity contribution is -0.348. The maximum atomic E-state index is 14.1. The van der Waals surface area contributed by atoms with Gasteiger partial charge in [0.15, 0.2) is 18.3 Å². The smallest absolute Gasteiger partial charge is 0.311 e. The summed E-state index contributed by atoms with van der Waals surface area (Å²) in [6.07, 6.45) is -11.7. The first-order valence-corrected chi connectivity index (χ1v) is 18.6. The van der Waals surface area contributed by atoms with Gasteiger partial charge >= 0.3 is 5.97 Å². The van der Waals surface area contributed by atoms with Crippen molar-refractivity contribution in [3.8, 4) is 0 Å². The van der Waals surface area contributed by atoms with Crippen LogP contribution in [0.2, 0.25) is 0 Å². The van der Waals surface area contributed by atoms with E-state index in [9.17, 15) is 40.2 Å². The highest BCUT2D eigenvalue weighted by Crippen LogP contribution is 2.41. The van der Waals surface area contributed by atoms with Crippen molar-refractivity contribution in [1.29, 1.82) is 0 Å². The van der Waals surface area contributed by atoms with Crippen LogP contribution in [0.25, 0.3) is 0 Å². The zero-order valence-corrected chi connectivity index (χ0v) is 33.3. The second-order valence-electron chi connectivity index (χ2n) is 16.6. The zero-order chi connectivity index (χ0) is 39.9. The highest BCUT2D eigenvalue weighted by Gasteiger charge is 2.55. The molecule has 3 heterocycles. The average molecular weight is 750 g/mol. The number of hydrogen-bond donors (Lipinski definition) is 6. The second-order valence-corrected chi connectivity index (χ2v) is 16.6. The molecule has 15 heteroatoms. The van der Waals surface area contributed by atoms with Crippen molar-refractivity contribution in [3.05, 3.63) is 0 Å². The summed E-state index contributed by atoms with van der Waals surface area (Å²) in [4.78, 5) is 29.4. The minimum absolute atomic E-state index is 0.0572. The van der Waals surface area contributed by atoms with Gasteiger partial charge in [-0.1, -0.05) is 27.7 Å². The van der Waals surface area contributed by atoms with E-state index in [2.05, 4.69) is 0 Å². The largest absolute Gasteiger partial charge is 0.459 e. The maximum Gasteiger partial charge on any atom is 0.311 e. The Morgan fingerprint density at radius 1 is 0.827 bits per heavy atom. The summed E-state index contributed by atoms with van der Waals surface area (Å²) in [6, 6.07) is 0. The average Bonchev–Trinajstić information content (AvgIpc) is 3.06. The Bertz CT molecular complexity index is 1220. The Morgan fingerprint density at radius 3 is 1.96 bits per heavy atom. The Hall–Kier alpha value is -1.34. The van der Waals surface area contributed by atoms with Crippen molar-refractivity contribution in [1.82, 2.24) is 4.90 Å². The summed E-state index contributed by atoms with van der Waals surface area (Å²) in [5, 5.41) is 69.1. The molecule has 0 amide bonds. The molecular formula is C37H67NO14. The van der Waals surface area contributed by atoms with E-state index in [1.807, 2.05) is 0 Å². The summed E-state index contributed by atoms with van der Waals surface area (Å²) in [5.41, 5.74) is -6.75. The molecule has 1 unspecified atom stereocenters. The molecule has 3 aliphatic heterocycles. The Morgan fingerprint density at radius 2 is 1.42 bits per heavy atom. The van der Waals surface area contributed by atoms with E-state index in [-0.39, 0.29) is 25.7 Å². The molecule has 0 aromatic rings. The van der Waals surface area contributed by atoms with E-state index in [0.717, 1.165) is 0 Å². The first-order valence-electron chi connectivity index (χ1n) is 18.6. The van der Waals surface area contributed by atoms with Crippen molar-refractivity contribution in [2.45, 2.75) is 179 Å². The van der Waals surface area contributed by atoms with Gasteiger partial charge in [-0.2, -0.15) is 0 Å². The predicted octanol–water partition coefficient (Wildman–Crippen LogP) is 1.11. The first-order chi connectivity index (χ1) is 23.8. The summed E-state index contributed by atoms with van der Waals surface area (Å²) in [7, 11) is 4.67. The van der Waals surface area contributed by atoms with Crippen molar-refractivity contribution < 1.29 is 68.6 Å². The number of nitrogens with zero attached hydrogens (tertiary/aromatic N) is 1. The van der Waals surface area contributed by atoms with Gasteiger partial charge in [0.05, 0.1) is 47.6 Å². The third-order valence-corrected chi connectivity index (χ3v) is 12.0. The molecule has 0 aliphatic carbocycles. The standard InChI is InChI=1S/C37H67NO14/c1-14-24-36(10,45)28(40)20(4)26(39)18(2)15-34(8,44)31(52-33-30(42)37(46,38(11)12)16-19(3)48-33)21(5)27(22(6)32(43)50-24)51-25-17-35(9,47-13)29(41)23(7)49-25/h18-25,27-31,33,40-42,44-46H,14-17H2,1-13H3/t18-,19-,20+,21+,22-,23+,24-,25+,27+,28-,29+,30+,31-,33+,34-,35-,36-,37?/m1/s1. The van der Waals surface area contributed by atoms with Crippen LogP contribution in [0.5, 0.6) is 0 Å². The maximum absolute atomic E-state index is 14.1. The highest BCUT2D eigenvalue weighted by molar-refractivity contribution is 5.83. The van der Waals surface area contributed by atoms with Gasteiger partial charge in [0.2, 0.25) is 0 Å². The topological polar surface area (TPSA) is 214 Å². The van der Waals surface area contributed by atoms with Gasteiger partial charge in [-0.25, -0.2) is 0 Å². The molecule has 0 aromatic carbocycles. The molecule has 3 rings (SSSR count). The van der Waals surface area contributed by atoms with Gasteiger partial charge in [-0.3, -0.25) is 14.5 Å². The number of carbonyl (C=O) groups is 2. The van der Waals surface area contributed by atoms with Crippen LogP contribution in [0.15, 0.2) is 0 Å². The fourth-order valence-electron chi connectivity index (χ4n) is 8.42. The van der Waals surface area contributed by atoms with Gasteiger partial charge < -0.3 is 59.1 Å². The number of methoxy groups -OCH3 is 1. The minimum Gasteiger partial charge on any atom is -0.459 e. The normalized spacial score (nSPS) is 50.5. The number of hydrogen-bond acceptors (Lipinski definition) is 15. The quantitative estimate of drug-likeness (QED) is 0.159. The number of ether oxygens (including phenoxy) is 6. The molecule has 0 saturated carbocycles. The number of rotatable bonds is 7. The molecule has 3 fully saturated rings. The van der Waals surface area contributed by atoms with Crippen molar-refractivity contribution in [3.63, 3.8) is 0 Å². The second kappa shape index (κ2) is 16.8. The number of cyclic esters (lactones) is 1. The van der Waals surface area contributed by atoms with Crippen LogP contribution >= 0.6 is 0 Å². The van der Waals surface area contributed by atoms with Crippen LogP contribution in [0, 0.1) is 23.7 Å². The lowest BCUT2D eigenvalue weighted by atomic mass is 9.74. The monoisotopic (exact) mass is 749 g/mol. The number of ketones is 1. The zero-order valence-electron chi connectivity index (χ0n) is 33.3. The molecule has 0 radical (unpaired) electrons. The SMILES string of the molecule is CC[C@H]1OC(=O)[C@H](C)[C@@H](O[C@H]2C[C@@](C)(OC)[C@@H](O)[C@H](C)O2)[C@H](C)[C@@H](O[C@@H]2O[C@H](C)CC(O)(N(C)C)[C@H]2O)[C@](C)(O)C[C@@H](C)C(=O)[C@H](C)[C@@H](O)[C@]1(C)O. The Balaban J connectivity index is 2.21. The van der Waals surface area contributed by atoms with Gasteiger partial charge in [0, 0.05) is 37.7 Å². The first kappa shape index (κ1) is 45.1. The molecule has 6 N–H and O–H groups in total. The number of likely N-dealkylation sites (N-methyl/N-ethyl adjacent to an activating group) is 1. The van der Waals surface area contributed by atoms with E-state index in [4.69, 9.17) is 28.4 Å². The molecule has 3 aliphatic rings.